The molecule has 116 valence electrons. The summed E-state index contributed by atoms with van der Waals surface area (Å²) in [6.45, 7) is 7.43. The fraction of sp³-hybridized carbons (Fsp3) is 0.600. The zero-order chi connectivity index (χ0) is 16.2. The van der Waals surface area contributed by atoms with Crippen LogP contribution in [0.3, 0.4) is 0 Å². The predicted octanol–water partition coefficient (Wildman–Crippen LogP) is 1.78. The lowest BCUT2D eigenvalue weighted by Crippen LogP contribution is -2.34. The third-order valence-electron chi connectivity index (χ3n) is 3.16. The number of carboxylic acid groups (broad SMARTS) is 1. The number of carboxylic acids is 1. The van der Waals surface area contributed by atoms with E-state index in [0.717, 1.165) is 0 Å². The fourth-order valence-corrected chi connectivity index (χ4v) is 2.15. The van der Waals surface area contributed by atoms with Crippen molar-refractivity contribution in [2.45, 2.75) is 52.5 Å². The Hall–Kier alpha value is -1.98. The molecule has 1 unspecified atom stereocenters. The average Bonchev–Trinajstić information content (AvgIpc) is 2.37. The highest BCUT2D eigenvalue weighted by Crippen LogP contribution is 2.18. The highest BCUT2D eigenvalue weighted by atomic mass is 16.4. The molecule has 0 saturated heterocycles. The molecule has 6 nitrogen and oxygen atoms in total. The van der Waals surface area contributed by atoms with Gasteiger partial charge in [0.1, 0.15) is 18.0 Å². The van der Waals surface area contributed by atoms with Gasteiger partial charge in [0, 0.05) is 18.5 Å². The lowest BCUT2D eigenvalue weighted by Gasteiger charge is -2.20. The van der Waals surface area contributed by atoms with Crippen molar-refractivity contribution in [2.75, 3.05) is 0 Å². The molecule has 0 aromatic carbocycles. The van der Waals surface area contributed by atoms with Crippen LogP contribution in [-0.4, -0.2) is 26.9 Å². The molecular weight excluding hydrogens is 272 g/mol. The topological polar surface area (TPSA) is 89.3 Å². The van der Waals surface area contributed by atoms with Crippen molar-refractivity contribution in [1.29, 1.82) is 0 Å². The number of carbonyl (C=O) groups is 2. The lowest BCUT2D eigenvalue weighted by atomic mass is 10.0. The minimum atomic E-state index is -1.05. The first-order valence-electron chi connectivity index (χ1n) is 7.06. The van der Waals surface area contributed by atoms with E-state index in [-0.39, 0.29) is 18.3 Å². The second-order valence-corrected chi connectivity index (χ2v) is 5.84. The summed E-state index contributed by atoms with van der Waals surface area (Å²) in [5, 5.41) is 9.40. The number of aldehydes is 1. The van der Waals surface area contributed by atoms with Gasteiger partial charge in [0.15, 0.2) is 0 Å². The Bertz CT molecular complexity index is 576. The SMILES string of the molecule is CC(C)CC(C(=O)O)n1cc(CC=O)nc(C(C)C)c1=O. The van der Waals surface area contributed by atoms with Crippen LogP contribution >= 0.6 is 0 Å². The number of aliphatic carboxylic acids is 1. The quantitative estimate of drug-likeness (QED) is 0.774. The summed E-state index contributed by atoms with van der Waals surface area (Å²) < 4.78 is 1.21. The zero-order valence-corrected chi connectivity index (χ0v) is 12.9. The number of hydrogen-bond acceptors (Lipinski definition) is 4. The Kier molecular flexibility index (Phi) is 5.81. The Morgan fingerprint density at radius 1 is 1.38 bits per heavy atom. The van der Waals surface area contributed by atoms with Gasteiger partial charge in [-0.15, -0.1) is 0 Å². The molecule has 1 rings (SSSR count). The van der Waals surface area contributed by atoms with E-state index in [2.05, 4.69) is 4.98 Å². The van der Waals surface area contributed by atoms with Crippen LogP contribution in [0.15, 0.2) is 11.0 Å². The number of aromatic nitrogens is 2. The molecule has 1 aromatic rings. The van der Waals surface area contributed by atoms with E-state index in [1.54, 1.807) is 0 Å². The van der Waals surface area contributed by atoms with Gasteiger partial charge in [0.25, 0.3) is 5.56 Å². The van der Waals surface area contributed by atoms with Crippen molar-refractivity contribution in [3.05, 3.63) is 27.9 Å². The standard InChI is InChI=1S/C15H22N2O4/c1-9(2)7-12(15(20)21)17-8-11(5-6-18)16-13(10(3)4)14(17)19/h6,8-10,12H,5,7H2,1-4H3,(H,20,21). The molecule has 0 saturated carbocycles. The highest BCUT2D eigenvalue weighted by Gasteiger charge is 2.24. The molecular formula is C15H22N2O4. The summed E-state index contributed by atoms with van der Waals surface area (Å²) in [6, 6.07) is -0.941. The summed E-state index contributed by atoms with van der Waals surface area (Å²) in [4.78, 5) is 38.8. The van der Waals surface area contributed by atoms with Gasteiger partial charge < -0.3 is 9.90 Å². The monoisotopic (exact) mass is 294 g/mol. The second kappa shape index (κ2) is 7.15. The molecule has 1 aromatic heterocycles. The molecule has 0 aliphatic heterocycles. The van der Waals surface area contributed by atoms with E-state index in [9.17, 15) is 19.5 Å². The fourth-order valence-electron chi connectivity index (χ4n) is 2.15. The maximum atomic E-state index is 12.4. The lowest BCUT2D eigenvalue weighted by molar-refractivity contribution is -0.141. The van der Waals surface area contributed by atoms with Crippen molar-refractivity contribution in [3.63, 3.8) is 0 Å². The maximum Gasteiger partial charge on any atom is 0.326 e. The van der Waals surface area contributed by atoms with Crippen molar-refractivity contribution >= 4 is 12.3 Å². The second-order valence-electron chi connectivity index (χ2n) is 5.84. The Morgan fingerprint density at radius 2 is 2.00 bits per heavy atom. The van der Waals surface area contributed by atoms with E-state index >= 15 is 0 Å². The molecule has 0 radical (unpaired) electrons. The molecule has 6 heteroatoms. The third-order valence-corrected chi connectivity index (χ3v) is 3.16. The van der Waals surface area contributed by atoms with Gasteiger partial charge in [-0.25, -0.2) is 9.78 Å². The first kappa shape index (κ1) is 17.1. The summed E-state index contributed by atoms with van der Waals surface area (Å²) in [7, 11) is 0. The summed E-state index contributed by atoms with van der Waals surface area (Å²) in [6.07, 6.45) is 2.49. The van der Waals surface area contributed by atoms with Crippen LogP contribution in [-0.2, 0) is 16.0 Å². The molecule has 21 heavy (non-hydrogen) atoms. The van der Waals surface area contributed by atoms with Gasteiger partial charge in [-0.3, -0.25) is 9.36 Å². The molecule has 0 aliphatic rings. The van der Waals surface area contributed by atoms with Gasteiger partial charge in [-0.1, -0.05) is 27.7 Å². The average molecular weight is 294 g/mol. The molecule has 0 bridgehead atoms. The molecule has 0 fully saturated rings. The van der Waals surface area contributed by atoms with Crippen molar-refractivity contribution in [2.24, 2.45) is 5.92 Å². The molecule has 0 spiro atoms. The van der Waals surface area contributed by atoms with Gasteiger partial charge in [0.05, 0.1) is 5.69 Å². The van der Waals surface area contributed by atoms with Gasteiger partial charge >= 0.3 is 5.97 Å². The Morgan fingerprint density at radius 3 is 2.43 bits per heavy atom. The van der Waals surface area contributed by atoms with Crippen LogP contribution in [0.4, 0.5) is 0 Å². The first-order chi connectivity index (χ1) is 9.77. The molecule has 0 amide bonds. The van der Waals surface area contributed by atoms with E-state index < -0.39 is 17.6 Å². The number of nitrogens with zero attached hydrogens (tertiary/aromatic N) is 2. The van der Waals surface area contributed by atoms with Crippen LogP contribution < -0.4 is 5.56 Å². The largest absolute Gasteiger partial charge is 0.480 e. The third kappa shape index (κ3) is 4.24. The van der Waals surface area contributed by atoms with E-state index in [4.69, 9.17) is 0 Å². The summed E-state index contributed by atoms with van der Waals surface area (Å²) in [5.41, 5.74) is 0.320. The minimum absolute atomic E-state index is 0.0635. The molecule has 1 N–H and O–H groups in total. The highest BCUT2D eigenvalue weighted by molar-refractivity contribution is 5.71. The van der Waals surface area contributed by atoms with Crippen LogP contribution in [0.1, 0.15) is 57.5 Å². The number of hydrogen-bond donors (Lipinski definition) is 1. The van der Waals surface area contributed by atoms with Crippen molar-refractivity contribution < 1.29 is 14.7 Å². The molecule has 0 aliphatic carbocycles. The van der Waals surface area contributed by atoms with Crippen LogP contribution in [0.25, 0.3) is 0 Å². The van der Waals surface area contributed by atoms with Crippen molar-refractivity contribution in [1.82, 2.24) is 9.55 Å². The summed E-state index contributed by atoms with van der Waals surface area (Å²) >= 11 is 0. The normalized spacial score (nSPS) is 12.7. The maximum absolute atomic E-state index is 12.4. The van der Waals surface area contributed by atoms with Gasteiger partial charge in [-0.2, -0.15) is 0 Å². The number of rotatable bonds is 7. The van der Waals surface area contributed by atoms with E-state index in [1.807, 2.05) is 27.7 Å². The smallest absolute Gasteiger partial charge is 0.326 e. The van der Waals surface area contributed by atoms with Crippen LogP contribution in [0, 0.1) is 5.92 Å². The Balaban J connectivity index is 3.46. The Labute approximate surface area is 123 Å². The molecule has 1 heterocycles. The van der Waals surface area contributed by atoms with Gasteiger partial charge in [-0.05, 0) is 12.3 Å². The predicted molar refractivity (Wildman–Crippen MR) is 78.5 cm³/mol. The summed E-state index contributed by atoms with van der Waals surface area (Å²) in [5.74, 6) is -1.06. The zero-order valence-electron chi connectivity index (χ0n) is 12.9. The number of carbonyl (C=O) groups excluding carboxylic acids is 1. The molecule has 1 atom stereocenters. The van der Waals surface area contributed by atoms with Crippen LogP contribution in [0.5, 0.6) is 0 Å². The van der Waals surface area contributed by atoms with Crippen LogP contribution in [0.2, 0.25) is 0 Å². The van der Waals surface area contributed by atoms with Gasteiger partial charge in [0.2, 0.25) is 0 Å². The first-order valence-corrected chi connectivity index (χ1v) is 7.06. The van der Waals surface area contributed by atoms with E-state index in [1.165, 1.54) is 10.8 Å². The minimum Gasteiger partial charge on any atom is -0.480 e. The van der Waals surface area contributed by atoms with E-state index in [0.29, 0.717) is 24.1 Å². The van der Waals surface area contributed by atoms with Crippen molar-refractivity contribution in [3.8, 4) is 0 Å².